The van der Waals surface area contributed by atoms with Crippen LogP contribution in [0.2, 0.25) is 0 Å². The summed E-state index contributed by atoms with van der Waals surface area (Å²) in [4.78, 5) is 12.1. The molecule has 0 fully saturated rings. The van der Waals surface area contributed by atoms with E-state index in [0.29, 0.717) is 12.2 Å². The summed E-state index contributed by atoms with van der Waals surface area (Å²) in [5, 5.41) is 10.5. The zero-order valence-corrected chi connectivity index (χ0v) is 12.1. The molecule has 1 aromatic rings. The van der Waals surface area contributed by atoms with Gasteiger partial charge in [-0.25, -0.2) is 4.79 Å². The van der Waals surface area contributed by atoms with Crippen molar-refractivity contribution in [3.05, 3.63) is 58.7 Å². The standard InChI is InChI=1S/C17H20O3/c1-4-20-17(19)14-10-13(11(2)3)16(18)15(14)12-8-6-5-7-9-12/h5-10,15-16,18H,4H2,1-3H3/t15-,16+/m0/s1. The van der Waals surface area contributed by atoms with Gasteiger partial charge in [-0.05, 0) is 38.0 Å². The lowest BCUT2D eigenvalue weighted by atomic mass is 9.89. The zero-order valence-electron chi connectivity index (χ0n) is 12.1. The molecule has 0 bridgehead atoms. The maximum atomic E-state index is 12.1. The van der Waals surface area contributed by atoms with Crippen LogP contribution in [-0.2, 0) is 9.53 Å². The Kier molecular flexibility index (Phi) is 4.40. The number of allylic oxidation sites excluding steroid dienone is 1. The Labute approximate surface area is 119 Å². The molecule has 20 heavy (non-hydrogen) atoms. The summed E-state index contributed by atoms with van der Waals surface area (Å²) in [7, 11) is 0. The lowest BCUT2D eigenvalue weighted by Gasteiger charge is -2.19. The second-order valence-corrected chi connectivity index (χ2v) is 5.11. The third kappa shape index (κ3) is 2.68. The topological polar surface area (TPSA) is 46.5 Å². The van der Waals surface area contributed by atoms with Gasteiger partial charge >= 0.3 is 5.97 Å². The van der Waals surface area contributed by atoms with E-state index in [1.807, 2.05) is 44.2 Å². The highest BCUT2D eigenvalue weighted by atomic mass is 16.5. The van der Waals surface area contributed by atoms with Crippen molar-refractivity contribution in [2.75, 3.05) is 6.61 Å². The number of hydrogen-bond acceptors (Lipinski definition) is 3. The van der Waals surface area contributed by atoms with Crippen LogP contribution in [0.1, 0.15) is 32.3 Å². The predicted molar refractivity (Wildman–Crippen MR) is 78.3 cm³/mol. The zero-order chi connectivity index (χ0) is 14.7. The van der Waals surface area contributed by atoms with E-state index in [1.165, 1.54) is 0 Å². The van der Waals surface area contributed by atoms with E-state index in [1.54, 1.807) is 13.0 Å². The van der Waals surface area contributed by atoms with Gasteiger partial charge in [0.25, 0.3) is 0 Å². The van der Waals surface area contributed by atoms with Gasteiger partial charge < -0.3 is 9.84 Å². The molecular formula is C17H20O3. The molecule has 2 rings (SSSR count). The molecule has 0 spiro atoms. The molecule has 0 aliphatic heterocycles. The number of ether oxygens (including phenoxy) is 1. The second-order valence-electron chi connectivity index (χ2n) is 5.11. The van der Waals surface area contributed by atoms with Crippen LogP contribution >= 0.6 is 0 Å². The van der Waals surface area contributed by atoms with Crippen LogP contribution in [0.5, 0.6) is 0 Å². The number of aliphatic hydroxyl groups is 1. The number of esters is 1. The number of hydrogen-bond donors (Lipinski definition) is 1. The fourth-order valence-corrected chi connectivity index (χ4v) is 2.55. The first-order chi connectivity index (χ1) is 9.56. The average molecular weight is 272 g/mol. The normalized spacial score (nSPS) is 21.6. The highest BCUT2D eigenvalue weighted by Gasteiger charge is 2.37. The lowest BCUT2D eigenvalue weighted by molar-refractivity contribution is -0.139. The molecule has 3 heteroatoms. The predicted octanol–water partition coefficient (Wildman–Crippen LogP) is 2.97. The molecule has 1 N–H and O–H groups in total. The molecule has 0 aromatic heterocycles. The van der Waals surface area contributed by atoms with Gasteiger partial charge in [0.2, 0.25) is 0 Å². The minimum atomic E-state index is -0.693. The maximum Gasteiger partial charge on any atom is 0.334 e. The second kappa shape index (κ2) is 6.06. The highest BCUT2D eigenvalue weighted by molar-refractivity contribution is 5.92. The van der Waals surface area contributed by atoms with Gasteiger partial charge in [-0.15, -0.1) is 0 Å². The summed E-state index contributed by atoms with van der Waals surface area (Å²) in [6.07, 6.45) is 1.08. The van der Waals surface area contributed by atoms with Crippen LogP contribution in [0.3, 0.4) is 0 Å². The summed E-state index contributed by atoms with van der Waals surface area (Å²) in [5.41, 5.74) is 3.27. The fraction of sp³-hybridized carbons (Fsp3) is 0.353. The third-order valence-corrected chi connectivity index (χ3v) is 3.53. The van der Waals surface area contributed by atoms with Gasteiger partial charge in [-0.1, -0.05) is 35.9 Å². The van der Waals surface area contributed by atoms with Crippen molar-refractivity contribution < 1.29 is 14.6 Å². The summed E-state index contributed by atoms with van der Waals surface area (Å²) in [5.74, 6) is -0.697. The number of carbonyl (C=O) groups excluding carboxylic acids is 1. The van der Waals surface area contributed by atoms with Crippen molar-refractivity contribution in [1.29, 1.82) is 0 Å². The number of aliphatic hydroxyl groups excluding tert-OH is 1. The number of rotatable bonds is 3. The van der Waals surface area contributed by atoms with Crippen LogP contribution in [0.4, 0.5) is 0 Å². The molecule has 106 valence electrons. The van der Waals surface area contributed by atoms with Gasteiger partial charge in [0.05, 0.1) is 12.7 Å². The summed E-state index contributed by atoms with van der Waals surface area (Å²) < 4.78 is 5.11. The van der Waals surface area contributed by atoms with E-state index < -0.39 is 6.10 Å². The molecule has 0 saturated carbocycles. The van der Waals surface area contributed by atoms with E-state index in [9.17, 15) is 9.90 Å². The minimum Gasteiger partial charge on any atom is -0.463 e. The Morgan fingerprint density at radius 3 is 2.45 bits per heavy atom. The Balaban J connectivity index is 2.46. The van der Waals surface area contributed by atoms with Crippen LogP contribution in [-0.4, -0.2) is 23.8 Å². The highest BCUT2D eigenvalue weighted by Crippen LogP contribution is 2.40. The Bertz CT molecular complexity index is 551. The van der Waals surface area contributed by atoms with Crippen molar-refractivity contribution >= 4 is 5.97 Å². The van der Waals surface area contributed by atoms with E-state index in [-0.39, 0.29) is 11.9 Å². The minimum absolute atomic E-state index is 0.331. The van der Waals surface area contributed by atoms with Crippen molar-refractivity contribution in [3.63, 3.8) is 0 Å². The van der Waals surface area contributed by atoms with E-state index in [2.05, 4.69) is 0 Å². The van der Waals surface area contributed by atoms with Gasteiger partial charge in [0.15, 0.2) is 0 Å². The lowest BCUT2D eigenvalue weighted by Crippen LogP contribution is -2.21. The summed E-state index contributed by atoms with van der Waals surface area (Å²) in [6.45, 7) is 5.98. The molecule has 1 aromatic carbocycles. The van der Waals surface area contributed by atoms with Crippen molar-refractivity contribution in [3.8, 4) is 0 Å². The molecule has 0 saturated heterocycles. The van der Waals surface area contributed by atoms with Crippen LogP contribution in [0.15, 0.2) is 53.1 Å². The van der Waals surface area contributed by atoms with Crippen LogP contribution < -0.4 is 0 Å². The average Bonchev–Trinajstić information content (AvgIpc) is 2.78. The molecule has 2 atom stereocenters. The summed E-state index contributed by atoms with van der Waals surface area (Å²) >= 11 is 0. The van der Waals surface area contributed by atoms with Crippen LogP contribution in [0.25, 0.3) is 0 Å². The molecule has 0 heterocycles. The van der Waals surface area contributed by atoms with Gasteiger partial charge in [-0.2, -0.15) is 0 Å². The Morgan fingerprint density at radius 2 is 1.90 bits per heavy atom. The quantitative estimate of drug-likeness (QED) is 0.860. The Morgan fingerprint density at radius 1 is 1.25 bits per heavy atom. The molecular weight excluding hydrogens is 252 g/mol. The van der Waals surface area contributed by atoms with Gasteiger partial charge in [0.1, 0.15) is 0 Å². The first-order valence-electron chi connectivity index (χ1n) is 6.85. The van der Waals surface area contributed by atoms with Crippen molar-refractivity contribution in [2.45, 2.75) is 32.8 Å². The van der Waals surface area contributed by atoms with E-state index in [4.69, 9.17) is 4.74 Å². The van der Waals surface area contributed by atoms with Gasteiger partial charge in [-0.3, -0.25) is 0 Å². The number of carbonyl (C=O) groups is 1. The fourth-order valence-electron chi connectivity index (χ4n) is 2.55. The smallest absolute Gasteiger partial charge is 0.334 e. The van der Waals surface area contributed by atoms with Crippen LogP contribution in [0, 0.1) is 0 Å². The molecule has 1 aliphatic rings. The third-order valence-electron chi connectivity index (χ3n) is 3.53. The molecule has 3 nitrogen and oxygen atoms in total. The monoisotopic (exact) mass is 272 g/mol. The molecule has 0 radical (unpaired) electrons. The van der Waals surface area contributed by atoms with Crippen molar-refractivity contribution in [1.82, 2.24) is 0 Å². The number of benzene rings is 1. The maximum absolute atomic E-state index is 12.1. The molecule has 0 unspecified atom stereocenters. The first kappa shape index (κ1) is 14.5. The largest absolute Gasteiger partial charge is 0.463 e. The SMILES string of the molecule is CCOC(=O)C1=CC(=C(C)C)[C@@H](O)[C@H]1c1ccccc1. The van der Waals surface area contributed by atoms with E-state index in [0.717, 1.165) is 16.7 Å². The first-order valence-corrected chi connectivity index (χ1v) is 6.85. The molecule has 1 aliphatic carbocycles. The van der Waals surface area contributed by atoms with Crippen molar-refractivity contribution in [2.24, 2.45) is 0 Å². The van der Waals surface area contributed by atoms with E-state index >= 15 is 0 Å². The Hall–Kier alpha value is -1.87. The molecule has 0 amide bonds. The summed E-state index contributed by atoms with van der Waals surface area (Å²) in [6, 6.07) is 9.58. The van der Waals surface area contributed by atoms with Gasteiger partial charge in [0, 0.05) is 11.5 Å².